The predicted octanol–water partition coefficient (Wildman–Crippen LogP) is 4.92. The number of para-hydroxylation sites is 2. The summed E-state index contributed by atoms with van der Waals surface area (Å²) < 4.78 is 8.09. The molecule has 0 unspecified atom stereocenters. The molecule has 1 saturated carbocycles. The maximum Gasteiger partial charge on any atom is 0.0572 e. The fourth-order valence-corrected chi connectivity index (χ4v) is 3.89. The summed E-state index contributed by atoms with van der Waals surface area (Å²) in [5.74, 6) is 0. The van der Waals surface area contributed by atoms with Crippen LogP contribution >= 0.6 is 0 Å². The fraction of sp³-hybridized carbons (Fsp3) is 0.368. The first-order valence-electron chi connectivity index (χ1n) is 7.89. The molecule has 0 bridgehead atoms. The number of hydrogen-bond acceptors (Lipinski definition) is 1. The molecule has 2 nitrogen and oxygen atoms in total. The Morgan fingerprint density at radius 3 is 1.86 bits per heavy atom. The number of methoxy groups -OCH3 is 1. The molecule has 1 aliphatic rings. The maximum atomic E-state index is 5.52. The van der Waals surface area contributed by atoms with E-state index in [9.17, 15) is 0 Å². The highest BCUT2D eigenvalue weighted by molar-refractivity contribution is 6.08. The highest BCUT2D eigenvalue weighted by Crippen LogP contribution is 2.37. The van der Waals surface area contributed by atoms with E-state index < -0.39 is 0 Å². The van der Waals surface area contributed by atoms with E-state index >= 15 is 0 Å². The molecule has 2 heteroatoms. The molecule has 1 fully saturated rings. The van der Waals surface area contributed by atoms with E-state index in [1.165, 1.54) is 47.5 Å². The van der Waals surface area contributed by atoms with Gasteiger partial charge in [-0.15, -0.1) is 0 Å². The number of benzene rings is 2. The highest BCUT2D eigenvalue weighted by atomic mass is 16.5. The molecule has 1 aliphatic carbocycles. The number of hydrogen-bond donors (Lipinski definition) is 0. The third-order valence-corrected chi connectivity index (χ3v) is 4.96. The average molecular weight is 279 g/mol. The van der Waals surface area contributed by atoms with E-state index in [1.807, 2.05) is 7.11 Å². The van der Waals surface area contributed by atoms with Crippen molar-refractivity contribution in [2.24, 2.45) is 0 Å². The average Bonchev–Trinajstić information content (AvgIpc) is 2.90. The van der Waals surface area contributed by atoms with Crippen molar-refractivity contribution in [1.82, 2.24) is 4.57 Å². The van der Waals surface area contributed by atoms with Crippen molar-refractivity contribution < 1.29 is 4.74 Å². The van der Waals surface area contributed by atoms with Crippen LogP contribution in [0.15, 0.2) is 48.5 Å². The van der Waals surface area contributed by atoms with Gasteiger partial charge in [0.05, 0.1) is 6.10 Å². The van der Waals surface area contributed by atoms with Crippen LogP contribution in [0.4, 0.5) is 0 Å². The molecular formula is C19H21NO. The first-order chi connectivity index (χ1) is 10.4. The van der Waals surface area contributed by atoms with Gasteiger partial charge in [0.25, 0.3) is 0 Å². The minimum atomic E-state index is 0.453. The van der Waals surface area contributed by atoms with Crippen LogP contribution in [-0.2, 0) is 4.74 Å². The van der Waals surface area contributed by atoms with Gasteiger partial charge in [0.15, 0.2) is 0 Å². The lowest BCUT2D eigenvalue weighted by Crippen LogP contribution is -2.22. The third kappa shape index (κ3) is 2.06. The lowest BCUT2D eigenvalue weighted by atomic mass is 9.92. The molecule has 3 aromatic rings. The largest absolute Gasteiger partial charge is 0.381 e. The zero-order chi connectivity index (χ0) is 14.2. The molecule has 0 atom stereocenters. The predicted molar refractivity (Wildman–Crippen MR) is 87.7 cm³/mol. The molecule has 1 heterocycles. The molecule has 0 spiro atoms. The normalized spacial score (nSPS) is 22.9. The highest BCUT2D eigenvalue weighted by Gasteiger charge is 2.24. The summed E-state index contributed by atoms with van der Waals surface area (Å²) in [5.41, 5.74) is 2.75. The van der Waals surface area contributed by atoms with Crippen molar-refractivity contribution in [1.29, 1.82) is 0 Å². The summed E-state index contributed by atoms with van der Waals surface area (Å²) in [5, 5.41) is 2.75. The molecule has 4 rings (SSSR count). The lowest BCUT2D eigenvalue weighted by molar-refractivity contribution is 0.0595. The zero-order valence-electron chi connectivity index (χ0n) is 12.5. The van der Waals surface area contributed by atoms with Crippen LogP contribution in [0.5, 0.6) is 0 Å². The van der Waals surface area contributed by atoms with Gasteiger partial charge in [0.1, 0.15) is 0 Å². The van der Waals surface area contributed by atoms with Crippen LogP contribution in [0, 0.1) is 0 Å². The molecule has 0 aliphatic heterocycles. The van der Waals surface area contributed by atoms with Crippen molar-refractivity contribution in [3.8, 4) is 0 Å². The molecule has 0 amide bonds. The minimum Gasteiger partial charge on any atom is -0.381 e. The van der Waals surface area contributed by atoms with Gasteiger partial charge < -0.3 is 9.30 Å². The van der Waals surface area contributed by atoms with E-state index in [0.717, 1.165) is 0 Å². The van der Waals surface area contributed by atoms with Crippen LogP contribution in [0.2, 0.25) is 0 Å². The number of rotatable bonds is 2. The third-order valence-electron chi connectivity index (χ3n) is 4.96. The van der Waals surface area contributed by atoms with E-state index in [1.54, 1.807) is 0 Å². The standard InChI is InChI=1S/C19H21NO/c1-21-15-12-10-14(11-13-15)20-18-8-4-2-6-16(18)17-7-3-5-9-19(17)20/h2-9,14-15H,10-13H2,1H3. The molecule has 2 aromatic carbocycles. The topological polar surface area (TPSA) is 14.2 Å². The molecular weight excluding hydrogens is 258 g/mol. The van der Waals surface area contributed by atoms with Gasteiger partial charge in [-0.25, -0.2) is 0 Å². The SMILES string of the molecule is COC1CCC(n2c3ccccc3c3ccccc32)CC1. The first kappa shape index (κ1) is 12.9. The number of ether oxygens (including phenoxy) is 1. The van der Waals surface area contributed by atoms with Gasteiger partial charge in [-0.3, -0.25) is 0 Å². The lowest BCUT2D eigenvalue weighted by Gasteiger charge is -2.29. The Bertz CT molecular complexity index is 712. The van der Waals surface area contributed by atoms with Crippen LogP contribution < -0.4 is 0 Å². The number of aromatic nitrogens is 1. The minimum absolute atomic E-state index is 0.453. The second kappa shape index (κ2) is 5.19. The molecule has 0 N–H and O–H groups in total. The summed E-state index contributed by atoms with van der Waals surface area (Å²) in [6.45, 7) is 0. The molecule has 0 radical (unpaired) electrons. The van der Waals surface area contributed by atoms with Gasteiger partial charge in [0, 0.05) is 35.0 Å². The Balaban J connectivity index is 1.86. The van der Waals surface area contributed by atoms with Gasteiger partial charge in [0.2, 0.25) is 0 Å². The summed E-state index contributed by atoms with van der Waals surface area (Å²) in [6.07, 6.45) is 5.21. The fourth-order valence-electron chi connectivity index (χ4n) is 3.89. The monoisotopic (exact) mass is 279 g/mol. The molecule has 108 valence electrons. The van der Waals surface area contributed by atoms with Crippen molar-refractivity contribution in [2.75, 3.05) is 7.11 Å². The van der Waals surface area contributed by atoms with Gasteiger partial charge in [-0.05, 0) is 37.8 Å². The Morgan fingerprint density at radius 2 is 1.33 bits per heavy atom. The Hall–Kier alpha value is -1.80. The van der Waals surface area contributed by atoms with Gasteiger partial charge >= 0.3 is 0 Å². The number of nitrogens with zero attached hydrogens (tertiary/aromatic N) is 1. The van der Waals surface area contributed by atoms with Crippen LogP contribution in [-0.4, -0.2) is 17.8 Å². The van der Waals surface area contributed by atoms with E-state index in [0.29, 0.717) is 12.1 Å². The molecule has 21 heavy (non-hydrogen) atoms. The van der Waals surface area contributed by atoms with Crippen molar-refractivity contribution in [3.63, 3.8) is 0 Å². The van der Waals surface area contributed by atoms with Gasteiger partial charge in [-0.1, -0.05) is 36.4 Å². The van der Waals surface area contributed by atoms with E-state index in [-0.39, 0.29) is 0 Å². The van der Waals surface area contributed by atoms with Crippen molar-refractivity contribution >= 4 is 21.8 Å². The van der Waals surface area contributed by atoms with Crippen molar-refractivity contribution in [3.05, 3.63) is 48.5 Å². The number of fused-ring (bicyclic) bond motifs is 3. The van der Waals surface area contributed by atoms with Crippen LogP contribution in [0.25, 0.3) is 21.8 Å². The smallest absolute Gasteiger partial charge is 0.0572 e. The van der Waals surface area contributed by atoms with Crippen LogP contribution in [0.1, 0.15) is 31.7 Å². The second-order valence-corrected chi connectivity index (χ2v) is 6.07. The van der Waals surface area contributed by atoms with E-state index in [4.69, 9.17) is 4.74 Å². The Kier molecular flexibility index (Phi) is 3.19. The van der Waals surface area contributed by atoms with Gasteiger partial charge in [-0.2, -0.15) is 0 Å². The Morgan fingerprint density at radius 1 is 0.810 bits per heavy atom. The van der Waals surface area contributed by atoms with Crippen molar-refractivity contribution in [2.45, 2.75) is 37.8 Å². The second-order valence-electron chi connectivity index (χ2n) is 6.07. The summed E-state index contributed by atoms with van der Waals surface area (Å²) >= 11 is 0. The van der Waals surface area contributed by atoms with Crippen LogP contribution in [0.3, 0.4) is 0 Å². The first-order valence-corrected chi connectivity index (χ1v) is 7.89. The molecule has 1 aromatic heterocycles. The molecule has 0 saturated heterocycles. The summed E-state index contributed by atoms with van der Waals surface area (Å²) in [6, 6.07) is 18.2. The summed E-state index contributed by atoms with van der Waals surface area (Å²) in [4.78, 5) is 0. The zero-order valence-corrected chi connectivity index (χ0v) is 12.5. The summed E-state index contributed by atoms with van der Waals surface area (Å²) in [7, 11) is 1.84. The maximum absolute atomic E-state index is 5.52. The quantitative estimate of drug-likeness (QED) is 0.649. The Labute approximate surface area is 125 Å². The van der Waals surface area contributed by atoms with E-state index in [2.05, 4.69) is 53.1 Å².